The first kappa shape index (κ1) is 25.8. The number of benzene rings is 2. The molecule has 0 spiro atoms. The molecule has 0 N–H and O–H groups in total. The highest BCUT2D eigenvalue weighted by molar-refractivity contribution is 5.73. The summed E-state index contributed by atoms with van der Waals surface area (Å²) in [5.41, 5.74) is 13.7. The van der Waals surface area contributed by atoms with Gasteiger partial charge in [0, 0.05) is 0 Å². The fraction of sp³-hybridized carbons (Fsp3) is 0.150. The molecule has 0 unspecified atom stereocenters. The minimum absolute atomic E-state index is 0.898. The first-order chi connectivity index (χ1) is 19.8. The minimum atomic E-state index is 0.898. The maximum absolute atomic E-state index is 2.41. The van der Waals surface area contributed by atoms with Gasteiger partial charge in [-0.15, -0.1) is 0 Å². The Bertz CT molecular complexity index is 1610. The van der Waals surface area contributed by atoms with Crippen molar-refractivity contribution in [1.82, 2.24) is 0 Å². The monoisotopic (exact) mass is 516 g/mol. The maximum atomic E-state index is 2.41. The molecule has 0 amide bonds. The topological polar surface area (TPSA) is 0 Å². The number of fused-ring (bicyclic) bond motifs is 2. The van der Waals surface area contributed by atoms with E-state index in [9.17, 15) is 0 Å². The van der Waals surface area contributed by atoms with Gasteiger partial charge in [-0.3, -0.25) is 0 Å². The molecule has 2 bridgehead atoms. The van der Waals surface area contributed by atoms with Gasteiger partial charge in [0.25, 0.3) is 0 Å². The molecule has 0 aliphatic heterocycles. The van der Waals surface area contributed by atoms with Crippen LogP contribution in [0.2, 0.25) is 0 Å². The summed E-state index contributed by atoms with van der Waals surface area (Å²) >= 11 is 0. The van der Waals surface area contributed by atoms with Gasteiger partial charge in [-0.2, -0.15) is 0 Å². The third-order valence-corrected chi connectivity index (χ3v) is 8.01. The van der Waals surface area contributed by atoms with Gasteiger partial charge < -0.3 is 0 Å². The minimum Gasteiger partial charge on any atom is -0.0836 e. The Morgan fingerprint density at radius 3 is 2.20 bits per heavy atom. The number of hydrogen-bond acceptors (Lipinski definition) is 0. The van der Waals surface area contributed by atoms with Gasteiger partial charge in [0.15, 0.2) is 0 Å². The van der Waals surface area contributed by atoms with E-state index < -0.39 is 0 Å². The second-order valence-electron chi connectivity index (χ2n) is 10.7. The summed E-state index contributed by atoms with van der Waals surface area (Å²) in [5, 5.41) is 0. The van der Waals surface area contributed by atoms with Gasteiger partial charge in [-0.25, -0.2) is 0 Å². The third kappa shape index (κ3) is 6.24. The van der Waals surface area contributed by atoms with Crippen molar-refractivity contribution in [2.75, 3.05) is 0 Å². The average molecular weight is 517 g/mol. The van der Waals surface area contributed by atoms with Crippen molar-refractivity contribution in [1.29, 1.82) is 0 Å². The number of rotatable bonds is 2. The molecule has 0 aromatic heterocycles. The largest absolute Gasteiger partial charge is 0.0836 e. The Hall–Kier alpha value is -4.42. The zero-order valence-corrected chi connectivity index (χ0v) is 23.1. The Morgan fingerprint density at radius 2 is 1.30 bits per heavy atom. The molecule has 0 nitrogen and oxygen atoms in total. The zero-order chi connectivity index (χ0) is 27.0. The van der Waals surface area contributed by atoms with Crippen LogP contribution in [0.15, 0.2) is 144 Å². The highest BCUT2D eigenvalue weighted by atomic mass is 14.2. The Labute approximate surface area is 239 Å². The van der Waals surface area contributed by atoms with Crippen molar-refractivity contribution in [2.45, 2.75) is 38.5 Å². The number of hydrogen-bond donors (Lipinski definition) is 0. The second kappa shape index (κ2) is 12.6. The van der Waals surface area contributed by atoms with Crippen molar-refractivity contribution >= 4 is 23.8 Å². The fourth-order valence-electron chi connectivity index (χ4n) is 5.79. The lowest BCUT2D eigenvalue weighted by Gasteiger charge is -2.18. The smallest absolute Gasteiger partial charge is 0.00139 e. The lowest BCUT2D eigenvalue weighted by molar-refractivity contribution is 0.984. The first-order valence-corrected chi connectivity index (χ1v) is 14.5. The molecule has 40 heavy (non-hydrogen) atoms. The first-order valence-electron chi connectivity index (χ1n) is 14.5. The van der Waals surface area contributed by atoms with Crippen molar-refractivity contribution < 1.29 is 0 Å². The van der Waals surface area contributed by atoms with Gasteiger partial charge in [0.1, 0.15) is 0 Å². The molecule has 196 valence electrons. The summed E-state index contributed by atoms with van der Waals surface area (Å²) in [6.07, 6.45) is 46.4. The highest BCUT2D eigenvalue weighted by Gasteiger charge is 2.13. The summed E-state index contributed by atoms with van der Waals surface area (Å²) < 4.78 is 0. The summed E-state index contributed by atoms with van der Waals surface area (Å²) in [6.45, 7) is 0. The molecule has 2 aromatic rings. The quantitative estimate of drug-likeness (QED) is 0.372. The molecule has 4 aliphatic rings. The standard InChI is InChI=1S/C40H36/c1-3-7-17-33(38-27-26-34-19-11-12-21-36(34)29-38)18-8-4-2-6-16-32(15-5-1)37-20-10-9-14-31-24-25-35-22-13-23-39(30-37)40(35)28-31/h1-11,13-15,17,19,22-27,29-30H,12,16,18,20-21,28H2. The highest BCUT2D eigenvalue weighted by Crippen LogP contribution is 2.31. The molecular formula is C40H36. The van der Waals surface area contributed by atoms with Gasteiger partial charge >= 0.3 is 0 Å². The van der Waals surface area contributed by atoms with E-state index in [1.165, 1.54) is 55.7 Å². The normalized spacial score (nSPS) is 18.3. The predicted octanol–water partition coefficient (Wildman–Crippen LogP) is 10.5. The van der Waals surface area contributed by atoms with E-state index >= 15 is 0 Å². The summed E-state index contributed by atoms with van der Waals surface area (Å²) in [7, 11) is 0. The molecule has 0 saturated carbocycles. The second-order valence-corrected chi connectivity index (χ2v) is 10.7. The zero-order valence-electron chi connectivity index (χ0n) is 23.1. The summed E-state index contributed by atoms with van der Waals surface area (Å²) in [6, 6.07) is 13.6. The lowest BCUT2D eigenvalue weighted by atomic mass is 9.87. The lowest BCUT2D eigenvalue weighted by Crippen LogP contribution is -2.01. The van der Waals surface area contributed by atoms with E-state index in [1.54, 1.807) is 0 Å². The number of allylic oxidation sites excluding steroid dienone is 19. The average Bonchev–Trinajstić information content (AvgIpc) is 2.99. The third-order valence-electron chi connectivity index (χ3n) is 8.01. The van der Waals surface area contributed by atoms with Crippen LogP contribution in [0.5, 0.6) is 0 Å². The summed E-state index contributed by atoms with van der Waals surface area (Å²) in [4.78, 5) is 0. The van der Waals surface area contributed by atoms with Crippen molar-refractivity contribution in [3.05, 3.63) is 178 Å². The van der Waals surface area contributed by atoms with E-state index in [0.29, 0.717) is 0 Å². The van der Waals surface area contributed by atoms with Crippen molar-refractivity contribution in [3.63, 3.8) is 0 Å². The van der Waals surface area contributed by atoms with Gasteiger partial charge in [0.05, 0.1) is 0 Å². The van der Waals surface area contributed by atoms with Gasteiger partial charge in [-0.05, 0) is 94.2 Å². The van der Waals surface area contributed by atoms with Gasteiger partial charge in [-0.1, -0.05) is 146 Å². The molecule has 0 fully saturated rings. The Balaban J connectivity index is 1.29. The van der Waals surface area contributed by atoms with Crippen LogP contribution in [0.4, 0.5) is 0 Å². The molecule has 0 saturated heterocycles. The Morgan fingerprint density at radius 1 is 0.525 bits per heavy atom. The number of aryl methyl sites for hydroxylation is 1. The van der Waals surface area contributed by atoms with Crippen LogP contribution in [-0.2, 0) is 12.8 Å². The maximum Gasteiger partial charge on any atom is -0.00139 e. The molecule has 6 rings (SSSR count). The van der Waals surface area contributed by atoms with Crippen LogP contribution in [0.25, 0.3) is 23.8 Å². The van der Waals surface area contributed by atoms with Crippen LogP contribution < -0.4 is 0 Å². The summed E-state index contributed by atoms with van der Waals surface area (Å²) in [5.74, 6) is 0. The molecule has 0 heterocycles. The molecule has 0 heteroatoms. The van der Waals surface area contributed by atoms with Crippen LogP contribution in [0.1, 0.15) is 59.1 Å². The predicted molar refractivity (Wildman–Crippen MR) is 175 cm³/mol. The van der Waals surface area contributed by atoms with E-state index in [4.69, 9.17) is 0 Å². The van der Waals surface area contributed by atoms with Crippen molar-refractivity contribution in [2.24, 2.45) is 0 Å². The molecule has 0 atom stereocenters. The Kier molecular flexibility index (Phi) is 8.15. The van der Waals surface area contributed by atoms with E-state index in [1.807, 2.05) is 0 Å². The fourth-order valence-corrected chi connectivity index (χ4v) is 5.79. The van der Waals surface area contributed by atoms with E-state index in [2.05, 4.69) is 146 Å². The molecule has 2 aromatic carbocycles. The molecule has 0 radical (unpaired) electrons. The van der Waals surface area contributed by atoms with E-state index in [0.717, 1.165) is 38.5 Å². The molecule has 4 aliphatic carbocycles. The van der Waals surface area contributed by atoms with E-state index in [-0.39, 0.29) is 0 Å². The molecular weight excluding hydrogens is 480 g/mol. The van der Waals surface area contributed by atoms with Crippen LogP contribution in [-0.4, -0.2) is 0 Å². The SMILES string of the molecule is C1=CC=C(C2=Cc3cccc4c3CC(=CC=CC2)C=C4)CC=CC=CCC(c2ccc3c(c2)CCC=C3)=CC=C1. The van der Waals surface area contributed by atoms with Gasteiger partial charge in [0.2, 0.25) is 0 Å². The van der Waals surface area contributed by atoms with Crippen LogP contribution in [0, 0.1) is 0 Å². The van der Waals surface area contributed by atoms with Crippen LogP contribution in [0.3, 0.4) is 0 Å². The van der Waals surface area contributed by atoms with Crippen LogP contribution >= 0.6 is 0 Å². The van der Waals surface area contributed by atoms with Crippen molar-refractivity contribution in [3.8, 4) is 0 Å².